The molecule has 29 heavy (non-hydrogen) atoms. The molecule has 1 aliphatic rings. The zero-order chi connectivity index (χ0) is 20.7. The van der Waals surface area contributed by atoms with E-state index in [1.807, 2.05) is 4.90 Å². The van der Waals surface area contributed by atoms with Crippen LogP contribution in [0.4, 0.5) is 5.69 Å². The van der Waals surface area contributed by atoms with Crippen LogP contribution in [0.2, 0.25) is 13.3 Å². The number of carbonyl (C=O) groups excluding carboxylic acids is 1. The summed E-state index contributed by atoms with van der Waals surface area (Å²) in [6.45, 7) is 7.90. The molecule has 0 saturated carbocycles. The topological polar surface area (TPSA) is 20.3 Å². The average Bonchev–Trinajstić information content (AvgIpc) is 3.18. The van der Waals surface area contributed by atoms with Crippen LogP contribution in [0.1, 0.15) is 72.1 Å². The van der Waals surface area contributed by atoms with Crippen LogP contribution in [0.3, 0.4) is 0 Å². The fraction of sp³-hybridized carbons (Fsp3) is 0.577. The van der Waals surface area contributed by atoms with Crippen molar-refractivity contribution in [3.63, 3.8) is 0 Å². The number of anilines is 1. The van der Waals surface area contributed by atoms with E-state index in [0.717, 1.165) is 18.7 Å². The van der Waals surface area contributed by atoms with E-state index in [2.05, 4.69) is 57.2 Å². The Morgan fingerprint density at radius 2 is 1.41 bits per heavy atom. The number of rotatable bonds is 11. The van der Waals surface area contributed by atoms with Gasteiger partial charge in [-0.05, 0) is 0 Å². The molecule has 0 atom stereocenters. The second-order valence-electron chi connectivity index (χ2n) is 8.99. The van der Waals surface area contributed by atoms with Crippen LogP contribution in [-0.4, -0.2) is 30.8 Å². The van der Waals surface area contributed by atoms with Crippen molar-refractivity contribution in [2.24, 2.45) is 0 Å². The van der Waals surface area contributed by atoms with Crippen LogP contribution < -0.4 is 8.48 Å². The molecule has 3 heteroatoms. The predicted octanol–water partition coefficient (Wildman–Crippen LogP) is 7.02. The van der Waals surface area contributed by atoms with Gasteiger partial charge < -0.3 is 0 Å². The number of carbonyl (C=O) groups is 1. The summed E-state index contributed by atoms with van der Waals surface area (Å²) < 4.78 is 6.28. The van der Waals surface area contributed by atoms with Gasteiger partial charge in [0.25, 0.3) is 0 Å². The maximum atomic E-state index is 12.1. The molecule has 0 unspecified atom stereocenters. The zero-order valence-electron chi connectivity index (χ0n) is 18.8. The van der Waals surface area contributed by atoms with Crippen molar-refractivity contribution in [3.8, 4) is 0 Å². The molecule has 0 spiro atoms. The van der Waals surface area contributed by atoms with Gasteiger partial charge >= 0.3 is 182 Å². The summed E-state index contributed by atoms with van der Waals surface area (Å²) in [5.74, 6) is 0.273. The Kier molecular flexibility index (Phi) is 8.46. The minimum absolute atomic E-state index is 0.273. The molecular formula is C26H39NOSn. The molecule has 158 valence electrons. The molecule has 3 rings (SSSR count). The molecular weight excluding hydrogens is 461 g/mol. The van der Waals surface area contributed by atoms with Gasteiger partial charge in [-0.3, -0.25) is 0 Å². The first-order valence-electron chi connectivity index (χ1n) is 12.0. The first-order chi connectivity index (χ1) is 14.1. The first-order valence-corrected chi connectivity index (χ1v) is 19.5. The molecule has 2 aromatic rings. The molecule has 0 aromatic heterocycles. The molecule has 2 aromatic carbocycles. The third kappa shape index (κ3) is 5.37. The number of hydrogen-bond acceptors (Lipinski definition) is 1. The first kappa shape index (κ1) is 22.6. The van der Waals surface area contributed by atoms with Crippen molar-refractivity contribution in [1.82, 2.24) is 0 Å². The van der Waals surface area contributed by atoms with Crippen molar-refractivity contribution in [3.05, 3.63) is 36.4 Å². The number of fused-ring (bicyclic) bond motifs is 1. The van der Waals surface area contributed by atoms with Crippen LogP contribution in [0.25, 0.3) is 10.8 Å². The van der Waals surface area contributed by atoms with E-state index in [9.17, 15) is 4.79 Å². The molecule has 0 radical (unpaired) electrons. The van der Waals surface area contributed by atoms with Gasteiger partial charge in [0.05, 0.1) is 0 Å². The number of nitrogens with zero attached hydrogens (tertiary/aromatic N) is 1. The van der Waals surface area contributed by atoms with Crippen molar-refractivity contribution in [1.29, 1.82) is 0 Å². The van der Waals surface area contributed by atoms with E-state index in [4.69, 9.17) is 0 Å². The average molecular weight is 500 g/mol. The Labute approximate surface area is 181 Å². The standard InChI is InChI=1S/C14H12NO.3C4H9.Sn/c16-14-6-3-9-15(14)13-8-7-11-4-1-2-5-12(11)10-13;3*1-3-4-2;/h2,4-5,7-8,10H,3,6,9H2;3*1,3-4H2,2H3;. The van der Waals surface area contributed by atoms with Gasteiger partial charge in [-0.1, -0.05) is 0 Å². The maximum absolute atomic E-state index is 12.1. The fourth-order valence-electron chi connectivity index (χ4n) is 5.01. The van der Waals surface area contributed by atoms with Gasteiger partial charge in [0.15, 0.2) is 0 Å². The summed E-state index contributed by atoms with van der Waals surface area (Å²) in [6.07, 6.45) is 9.83. The molecule has 2 nitrogen and oxygen atoms in total. The molecule has 1 heterocycles. The molecule has 0 aliphatic carbocycles. The van der Waals surface area contributed by atoms with Gasteiger partial charge in [-0.2, -0.15) is 0 Å². The summed E-state index contributed by atoms with van der Waals surface area (Å²) >= 11 is -2.38. The van der Waals surface area contributed by atoms with Gasteiger partial charge in [0, 0.05) is 0 Å². The van der Waals surface area contributed by atoms with E-state index in [-0.39, 0.29) is 5.91 Å². The van der Waals surface area contributed by atoms with Crippen LogP contribution in [0, 0.1) is 0 Å². The molecule has 1 saturated heterocycles. The summed E-state index contributed by atoms with van der Waals surface area (Å²) in [4.78, 5) is 14.1. The van der Waals surface area contributed by atoms with E-state index in [1.165, 1.54) is 62.6 Å². The summed E-state index contributed by atoms with van der Waals surface area (Å²) in [7, 11) is 0. The second-order valence-corrected chi connectivity index (χ2v) is 22.2. The zero-order valence-corrected chi connectivity index (χ0v) is 21.7. The minimum atomic E-state index is -2.38. The molecule has 1 fully saturated rings. The predicted molar refractivity (Wildman–Crippen MR) is 130 cm³/mol. The summed E-state index contributed by atoms with van der Waals surface area (Å²) in [6, 6.07) is 14.0. The van der Waals surface area contributed by atoms with E-state index in [1.54, 1.807) is 3.58 Å². The monoisotopic (exact) mass is 501 g/mol. The van der Waals surface area contributed by atoms with Crippen LogP contribution >= 0.6 is 0 Å². The Balaban J connectivity index is 1.95. The quantitative estimate of drug-likeness (QED) is 0.304. The van der Waals surface area contributed by atoms with Crippen molar-refractivity contribution in [2.75, 3.05) is 11.4 Å². The van der Waals surface area contributed by atoms with Gasteiger partial charge in [0.2, 0.25) is 0 Å². The van der Waals surface area contributed by atoms with Gasteiger partial charge in [0.1, 0.15) is 0 Å². The Morgan fingerprint density at radius 3 is 1.97 bits per heavy atom. The van der Waals surface area contributed by atoms with E-state index >= 15 is 0 Å². The molecule has 1 aliphatic heterocycles. The molecule has 1 amide bonds. The third-order valence-corrected chi connectivity index (χ3v) is 22.5. The fourth-order valence-corrected chi connectivity index (χ4v) is 21.0. The van der Waals surface area contributed by atoms with E-state index in [0.29, 0.717) is 6.42 Å². The van der Waals surface area contributed by atoms with Crippen LogP contribution in [0.15, 0.2) is 36.4 Å². The van der Waals surface area contributed by atoms with Gasteiger partial charge in [-0.15, -0.1) is 0 Å². The third-order valence-electron chi connectivity index (χ3n) is 6.85. The number of hydrogen-bond donors (Lipinski definition) is 0. The number of unbranched alkanes of at least 4 members (excludes halogenated alkanes) is 3. The summed E-state index contributed by atoms with van der Waals surface area (Å²) in [5.41, 5.74) is 1.07. The van der Waals surface area contributed by atoms with Crippen molar-refractivity contribution in [2.45, 2.75) is 85.4 Å². The second kappa shape index (κ2) is 10.8. The Bertz CT molecular complexity index is 794. The number of benzene rings is 2. The summed E-state index contributed by atoms with van der Waals surface area (Å²) in [5, 5.41) is 2.65. The number of amides is 1. The Morgan fingerprint density at radius 1 is 0.828 bits per heavy atom. The van der Waals surface area contributed by atoms with Crippen molar-refractivity contribution < 1.29 is 4.79 Å². The molecule has 0 bridgehead atoms. The van der Waals surface area contributed by atoms with Crippen LogP contribution in [-0.2, 0) is 4.79 Å². The SMILES string of the molecule is CCC[CH2][Sn]([CH2]CCC)([CH2]CCC)[c]1ccc2cc(N3CCCC3=O)ccc2c1. The van der Waals surface area contributed by atoms with Crippen LogP contribution in [0.5, 0.6) is 0 Å². The normalized spacial score (nSPS) is 14.9. The van der Waals surface area contributed by atoms with Crippen molar-refractivity contribution >= 4 is 44.3 Å². The van der Waals surface area contributed by atoms with Gasteiger partial charge in [-0.25, -0.2) is 0 Å². The Hall–Kier alpha value is -1.03. The molecule has 0 N–H and O–H groups in total. The van der Waals surface area contributed by atoms with E-state index < -0.39 is 18.4 Å².